The first-order valence-corrected chi connectivity index (χ1v) is 7.56. The first kappa shape index (κ1) is 13.6. The number of hydrogen-bond acceptors (Lipinski definition) is 3. The van der Waals surface area contributed by atoms with Crippen LogP contribution in [0.3, 0.4) is 0 Å². The highest BCUT2D eigenvalue weighted by Gasteiger charge is 2.11. The minimum absolute atomic E-state index is 0.484. The van der Waals surface area contributed by atoms with Crippen molar-refractivity contribution >= 4 is 27.7 Å². The molecule has 96 valence electrons. The molecule has 0 fully saturated rings. The second kappa shape index (κ2) is 6.41. The molecule has 0 saturated heterocycles. The smallest absolute Gasteiger partial charge is 0.0914 e. The van der Waals surface area contributed by atoms with Gasteiger partial charge in [-0.2, -0.15) is 5.10 Å². The van der Waals surface area contributed by atoms with Gasteiger partial charge in [0, 0.05) is 33.4 Å². The maximum atomic E-state index is 10.1. The van der Waals surface area contributed by atoms with Crippen LogP contribution in [0, 0.1) is 0 Å². The van der Waals surface area contributed by atoms with E-state index in [2.05, 4.69) is 21.0 Å². The Morgan fingerprint density at radius 3 is 2.89 bits per heavy atom. The molecule has 0 bridgehead atoms. The Kier molecular flexibility index (Phi) is 4.86. The third-order valence-corrected chi connectivity index (χ3v) is 4.70. The molecule has 1 atom stereocenters. The fraction of sp³-hybridized carbons (Fsp3) is 0.308. The lowest BCUT2D eigenvalue weighted by Gasteiger charge is -2.09. The van der Waals surface area contributed by atoms with Crippen molar-refractivity contribution in [2.24, 2.45) is 0 Å². The maximum absolute atomic E-state index is 10.1. The molecule has 0 spiro atoms. The fourth-order valence-corrected chi connectivity index (χ4v) is 3.09. The molecular weight excluding hydrogens is 312 g/mol. The average molecular weight is 327 g/mol. The zero-order chi connectivity index (χ0) is 13.0. The molecule has 2 rings (SSSR count). The van der Waals surface area contributed by atoms with Crippen molar-refractivity contribution in [2.45, 2.75) is 24.5 Å². The molecule has 1 heterocycles. The van der Waals surface area contributed by atoms with Crippen LogP contribution >= 0.6 is 27.7 Å². The van der Waals surface area contributed by atoms with Crippen molar-refractivity contribution in [1.82, 2.24) is 9.78 Å². The summed E-state index contributed by atoms with van der Waals surface area (Å²) in [6, 6.07) is 8.02. The molecule has 18 heavy (non-hydrogen) atoms. The Morgan fingerprint density at radius 2 is 2.22 bits per heavy atom. The summed E-state index contributed by atoms with van der Waals surface area (Å²) in [5, 5.41) is 14.3. The van der Waals surface area contributed by atoms with E-state index in [1.165, 1.54) is 0 Å². The van der Waals surface area contributed by atoms with Gasteiger partial charge >= 0.3 is 0 Å². The largest absolute Gasteiger partial charge is 0.387 e. The topological polar surface area (TPSA) is 38.0 Å². The summed E-state index contributed by atoms with van der Waals surface area (Å²) in [7, 11) is 0. The first-order chi connectivity index (χ1) is 8.70. The Bertz CT molecular complexity index is 515. The van der Waals surface area contributed by atoms with Gasteiger partial charge in [0.2, 0.25) is 0 Å². The number of nitrogens with zero attached hydrogens (tertiary/aromatic N) is 2. The molecule has 5 heteroatoms. The third-order valence-electron chi connectivity index (χ3n) is 2.60. The maximum Gasteiger partial charge on any atom is 0.0914 e. The van der Waals surface area contributed by atoms with E-state index in [-0.39, 0.29) is 0 Å². The van der Waals surface area contributed by atoms with Crippen LogP contribution in [0.4, 0.5) is 0 Å². The Morgan fingerprint density at radius 1 is 1.44 bits per heavy atom. The highest BCUT2D eigenvalue weighted by atomic mass is 79.9. The van der Waals surface area contributed by atoms with Gasteiger partial charge in [-0.3, -0.25) is 4.68 Å². The fourth-order valence-electron chi connectivity index (χ4n) is 1.55. The van der Waals surface area contributed by atoms with Gasteiger partial charge in [0.25, 0.3) is 0 Å². The Labute approximate surface area is 119 Å². The quantitative estimate of drug-likeness (QED) is 0.855. The van der Waals surface area contributed by atoms with Gasteiger partial charge in [0.1, 0.15) is 0 Å². The number of thioether (sulfide) groups is 1. The van der Waals surface area contributed by atoms with Crippen molar-refractivity contribution < 1.29 is 5.11 Å². The molecule has 2 aromatic rings. The number of hydrogen-bond donors (Lipinski definition) is 1. The third kappa shape index (κ3) is 3.37. The molecule has 3 nitrogen and oxygen atoms in total. The van der Waals surface area contributed by atoms with E-state index in [0.717, 1.165) is 21.5 Å². The van der Waals surface area contributed by atoms with E-state index in [1.807, 2.05) is 42.1 Å². The number of aromatic nitrogens is 2. The van der Waals surface area contributed by atoms with Crippen molar-refractivity contribution in [3.05, 3.63) is 46.7 Å². The summed E-state index contributed by atoms with van der Waals surface area (Å²) in [5.41, 5.74) is 0.872. The molecule has 0 saturated carbocycles. The van der Waals surface area contributed by atoms with Gasteiger partial charge < -0.3 is 5.11 Å². The summed E-state index contributed by atoms with van der Waals surface area (Å²) in [6.45, 7) is 2.85. The summed E-state index contributed by atoms with van der Waals surface area (Å²) < 4.78 is 2.88. The highest BCUT2D eigenvalue weighted by Crippen LogP contribution is 2.30. The number of aliphatic hydroxyl groups is 1. The van der Waals surface area contributed by atoms with E-state index in [1.54, 1.807) is 18.0 Å². The van der Waals surface area contributed by atoms with Crippen LogP contribution in [0.15, 0.2) is 46.0 Å². The molecule has 0 radical (unpaired) electrons. The first-order valence-electron chi connectivity index (χ1n) is 5.78. The summed E-state index contributed by atoms with van der Waals surface area (Å²) in [4.78, 5) is 1.14. The second-order valence-electron chi connectivity index (χ2n) is 3.89. The standard InChI is InChI=1S/C13H15BrN2OS/c1-2-16-8-10(7-15-16)12(17)9-18-13-6-4-3-5-11(13)14/h3-8,12,17H,2,9H2,1H3. The molecule has 1 N–H and O–H groups in total. The Hall–Kier alpha value is -0.780. The van der Waals surface area contributed by atoms with Crippen LogP contribution in [0.25, 0.3) is 0 Å². The van der Waals surface area contributed by atoms with Crippen LogP contribution in [0.2, 0.25) is 0 Å². The predicted octanol–water partition coefficient (Wildman–Crippen LogP) is 3.49. The monoisotopic (exact) mass is 326 g/mol. The normalized spacial score (nSPS) is 12.6. The van der Waals surface area contributed by atoms with E-state index in [9.17, 15) is 5.11 Å². The van der Waals surface area contributed by atoms with Gasteiger partial charge in [-0.25, -0.2) is 0 Å². The van der Waals surface area contributed by atoms with Crippen molar-refractivity contribution in [2.75, 3.05) is 5.75 Å². The highest BCUT2D eigenvalue weighted by molar-refractivity contribution is 9.10. The lowest BCUT2D eigenvalue weighted by atomic mass is 10.2. The van der Waals surface area contributed by atoms with Crippen LogP contribution in [0.1, 0.15) is 18.6 Å². The molecule has 0 aliphatic rings. The Balaban J connectivity index is 1.96. The lowest BCUT2D eigenvalue weighted by Crippen LogP contribution is -1.99. The van der Waals surface area contributed by atoms with E-state index < -0.39 is 6.10 Å². The number of aliphatic hydroxyl groups excluding tert-OH is 1. The van der Waals surface area contributed by atoms with Gasteiger partial charge in [-0.05, 0) is 35.0 Å². The molecule has 0 aliphatic heterocycles. The SMILES string of the molecule is CCn1cc(C(O)CSc2ccccc2Br)cn1. The number of halogens is 1. The van der Waals surface area contributed by atoms with Gasteiger partial charge in [0.15, 0.2) is 0 Å². The summed E-state index contributed by atoms with van der Waals surface area (Å²) in [6.07, 6.45) is 3.14. The zero-order valence-corrected chi connectivity index (χ0v) is 12.5. The van der Waals surface area contributed by atoms with E-state index >= 15 is 0 Å². The van der Waals surface area contributed by atoms with Gasteiger partial charge in [0.05, 0.1) is 12.3 Å². The van der Waals surface area contributed by atoms with Gasteiger partial charge in [-0.15, -0.1) is 11.8 Å². The number of benzene rings is 1. The van der Waals surface area contributed by atoms with Crippen LogP contribution in [0.5, 0.6) is 0 Å². The minimum Gasteiger partial charge on any atom is -0.387 e. The lowest BCUT2D eigenvalue weighted by molar-refractivity contribution is 0.204. The van der Waals surface area contributed by atoms with Crippen molar-refractivity contribution in [1.29, 1.82) is 0 Å². The van der Waals surface area contributed by atoms with E-state index in [0.29, 0.717) is 5.75 Å². The number of aryl methyl sites for hydroxylation is 1. The predicted molar refractivity (Wildman–Crippen MR) is 77.7 cm³/mol. The minimum atomic E-state index is -0.484. The molecular formula is C13H15BrN2OS. The number of rotatable bonds is 5. The summed E-state index contributed by atoms with van der Waals surface area (Å²) >= 11 is 5.13. The summed E-state index contributed by atoms with van der Waals surface area (Å²) in [5.74, 6) is 0.623. The average Bonchev–Trinajstić information content (AvgIpc) is 2.86. The van der Waals surface area contributed by atoms with Gasteiger partial charge in [-0.1, -0.05) is 12.1 Å². The molecule has 1 aromatic carbocycles. The molecule has 0 aliphatic carbocycles. The second-order valence-corrected chi connectivity index (χ2v) is 5.80. The van der Waals surface area contributed by atoms with Crippen LogP contribution in [-0.2, 0) is 6.54 Å². The van der Waals surface area contributed by atoms with Crippen LogP contribution < -0.4 is 0 Å². The van der Waals surface area contributed by atoms with Crippen LogP contribution in [-0.4, -0.2) is 20.6 Å². The van der Waals surface area contributed by atoms with Crippen molar-refractivity contribution in [3.8, 4) is 0 Å². The molecule has 1 unspecified atom stereocenters. The van der Waals surface area contributed by atoms with E-state index in [4.69, 9.17) is 0 Å². The molecule has 1 aromatic heterocycles. The van der Waals surface area contributed by atoms with Crippen molar-refractivity contribution in [3.63, 3.8) is 0 Å². The zero-order valence-electron chi connectivity index (χ0n) is 10.1. The molecule has 0 amide bonds.